The van der Waals surface area contributed by atoms with Crippen LogP contribution in [0.15, 0.2) is 24.3 Å². The maximum atomic E-state index is 15.2. The molecule has 0 spiro atoms. The number of benzene rings is 1. The predicted molar refractivity (Wildman–Crippen MR) is 292 cm³/mol. The van der Waals surface area contributed by atoms with Crippen LogP contribution in [0.5, 0.6) is 5.75 Å². The summed E-state index contributed by atoms with van der Waals surface area (Å²) in [5.74, 6) is -7.76. The van der Waals surface area contributed by atoms with Gasteiger partial charge in [0.15, 0.2) is 6.23 Å². The molecule has 14 N–H and O–H groups in total. The lowest BCUT2D eigenvalue weighted by molar-refractivity contribution is -0.946. The zero-order valence-electron chi connectivity index (χ0n) is 47.7. The molecular weight excluding hydrogens is 1050 g/mol. The van der Waals surface area contributed by atoms with Crippen molar-refractivity contribution in [2.24, 2.45) is 23.5 Å². The lowest BCUT2D eigenvalue weighted by Gasteiger charge is -2.42. The number of amides is 7. The first kappa shape index (κ1) is 65.1. The van der Waals surface area contributed by atoms with Gasteiger partial charge in [0.05, 0.1) is 51.2 Å². The summed E-state index contributed by atoms with van der Waals surface area (Å²) in [5.41, 5.74) is 5.81. The van der Waals surface area contributed by atoms with Crippen molar-refractivity contribution in [3.63, 3.8) is 0 Å². The minimum atomic E-state index is -2.26. The van der Waals surface area contributed by atoms with Gasteiger partial charge < -0.3 is 91.8 Å². The summed E-state index contributed by atoms with van der Waals surface area (Å²) in [6.45, 7) is 8.48. The summed E-state index contributed by atoms with van der Waals surface area (Å²) in [6, 6.07) is -5.96. The van der Waals surface area contributed by atoms with Crippen molar-refractivity contribution in [2.75, 3.05) is 59.5 Å². The summed E-state index contributed by atoms with van der Waals surface area (Å²) in [6.07, 6.45) is -7.02. The lowest BCUT2D eigenvalue weighted by Crippen LogP contribution is -2.64. The van der Waals surface area contributed by atoms with Gasteiger partial charge >= 0.3 is 0 Å². The number of phenols is 1. The number of hydrogen-bond donors (Lipinski definition) is 13. The van der Waals surface area contributed by atoms with Crippen LogP contribution in [0.25, 0.3) is 0 Å². The van der Waals surface area contributed by atoms with Crippen LogP contribution in [0, 0.1) is 17.8 Å². The number of likely N-dealkylation sites (tertiary alicyclic amines) is 1. The van der Waals surface area contributed by atoms with Crippen molar-refractivity contribution in [2.45, 2.75) is 196 Å². The number of carbonyl (C=O) groups is 7. The molecule has 0 saturated carbocycles. The highest BCUT2D eigenvalue weighted by Crippen LogP contribution is 2.29. The highest BCUT2D eigenvalue weighted by Gasteiger charge is 2.51. The SMILES string of the molecule is C[C@@H]1CCCCCCCCC(=O)N[C@H]2C[C@@H](O)[C@@H](OCC[N+]3(C)CCC3)NC(=O)[C@@H]3[C@@H](O)[C@@H](C)CN3C(=O)[C@H]([C@H](O)CCN)NC(=O)[C@H]([C@H](O)[C@@H](O)c3ccc(O)cc3)NC(=O)[C@@H]3C[C@@H](O)CN3C(=O)[C@@H](NC2=O)[C@@H](C)OC[C@H](C)C1. The smallest absolute Gasteiger partial charge is 0.248 e. The van der Waals surface area contributed by atoms with Gasteiger partial charge in [0.25, 0.3) is 0 Å². The molecule has 7 amide bonds. The van der Waals surface area contributed by atoms with E-state index in [0.717, 1.165) is 74.3 Å². The van der Waals surface area contributed by atoms with E-state index in [4.69, 9.17) is 15.2 Å². The standard InChI is InChI=1S/C56H91N9O16/c1-31-13-10-8-6-7-9-11-14-42(70)58-38-27-41(69)54(80-24-23-65(5)21-12-22-65)62-53(77)46-47(71)33(3)28-64(46)56(79)44(40(68)19-20-57)60-52(76)45(49(73)48(72)35-15-17-36(66)18-16-35)61-51(75)39-26-37(67)29-63(39)55(78)43(59-50(38)74)34(4)81-30-32(2)25-31/h15-18,31-34,37-41,43-49,54,67-69,71-73H,6-14,19-30,57H2,1-5H3,(H5-,58,59,60,61,62,66,70,74,75,76,77)/p+1/t31-,32-,33+,34-,37-,38+,39+,40-,41-,43+,44+,45+,46+,47+,48+,49+,54-/m1/s1. The van der Waals surface area contributed by atoms with Crippen LogP contribution in [0.3, 0.4) is 0 Å². The van der Waals surface area contributed by atoms with Crippen LogP contribution < -0.4 is 32.3 Å². The second-order valence-electron chi connectivity index (χ2n) is 23.9. The number of ether oxygens (including phenoxy) is 2. The van der Waals surface area contributed by atoms with Gasteiger partial charge in [-0.25, -0.2) is 0 Å². The Hall–Kier alpha value is -5.09. The summed E-state index contributed by atoms with van der Waals surface area (Å²) in [7, 11) is 2.01. The Morgan fingerprint density at radius 2 is 1.40 bits per heavy atom. The molecule has 5 heterocycles. The van der Waals surface area contributed by atoms with Gasteiger partial charge in [-0.15, -0.1) is 0 Å². The molecule has 5 saturated heterocycles. The second-order valence-corrected chi connectivity index (χ2v) is 23.9. The topological polar surface area (TPSA) is 372 Å². The van der Waals surface area contributed by atoms with E-state index in [-0.39, 0.29) is 56.4 Å². The van der Waals surface area contributed by atoms with Crippen molar-refractivity contribution in [3.05, 3.63) is 29.8 Å². The molecule has 0 aliphatic carbocycles. The van der Waals surface area contributed by atoms with Crippen molar-refractivity contribution in [1.29, 1.82) is 0 Å². The number of phenolic OH excluding ortho intramolecular Hbond substituents is 1. The Morgan fingerprint density at radius 1 is 0.728 bits per heavy atom. The molecule has 5 aliphatic rings. The number of nitrogens with two attached hydrogens (primary N) is 1. The zero-order chi connectivity index (χ0) is 59.3. The molecule has 81 heavy (non-hydrogen) atoms. The molecule has 5 fully saturated rings. The number of likely N-dealkylation sites (N-methyl/N-ethyl adjacent to an activating group) is 1. The van der Waals surface area contributed by atoms with E-state index in [9.17, 15) is 64.5 Å². The Kier molecular flexibility index (Phi) is 24.1. The summed E-state index contributed by atoms with van der Waals surface area (Å²) < 4.78 is 13.2. The largest absolute Gasteiger partial charge is 0.508 e. The van der Waals surface area contributed by atoms with Gasteiger partial charge in [0.2, 0.25) is 41.4 Å². The van der Waals surface area contributed by atoms with E-state index in [1.165, 1.54) is 31.2 Å². The number of nitrogens with one attached hydrogen (secondary N) is 5. The highest BCUT2D eigenvalue weighted by atomic mass is 16.5. The molecule has 17 atom stereocenters. The summed E-state index contributed by atoms with van der Waals surface area (Å²) >= 11 is 0. The molecule has 1 aromatic rings. The summed E-state index contributed by atoms with van der Waals surface area (Å²) in [5, 5.41) is 93.2. The maximum Gasteiger partial charge on any atom is 0.248 e. The van der Waals surface area contributed by atoms with Crippen molar-refractivity contribution < 1.29 is 83.3 Å². The van der Waals surface area contributed by atoms with Gasteiger partial charge in [0.1, 0.15) is 66.9 Å². The number of aliphatic hydroxyl groups excluding tert-OH is 6. The first-order valence-electron chi connectivity index (χ1n) is 29.2. The van der Waals surface area contributed by atoms with Crippen molar-refractivity contribution >= 4 is 41.4 Å². The molecule has 25 heteroatoms. The number of hydrogen-bond acceptors (Lipinski definition) is 17. The third-order valence-corrected chi connectivity index (χ3v) is 17.0. The molecule has 0 radical (unpaired) electrons. The average Bonchev–Trinajstić information content (AvgIpc) is 4.01. The lowest BCUT2D eigenvalue weighted by atomic mass is 9.92. The molecule has 0 aromatic heterocycles. The first-order valence-corrected chi connectivity index (χ1v) is 29.2. The van der Waals surface area contributed by atoms with Gasteiger partial charge in [-0.1, -0.05) is 71.4 Å². The van der Waals surface area contributed by atoms with Crippen LogP contribution in [0.4, 0.5) is 0 Å². The number of nitrogens with zero attached hydrogens (tertiary/aromatic N) is 3. The Labute approximate surface area is 474 Å². The van der Waals surface area contributed by atoms with Crippen LogP contribution in [0.1, 0.15) is 123 Å². The van der Waals surface area contributed by atoms with Gasteiger partial charge in [-0.2, -0.15) is 0 Å². The van der Waals surface area contributed by atoms with E-state index < -0.39 is 152 Å². The Bertz CT molecular complexity index is 2280. The quantitative estimate of drug-likeness (QED) is 0.111. The number of rotatable bonds is 10. The third kappa shape index (κ3) is 17.5. The van der Waals surface area contributed by atoms with E-state index in [2.05, 4.69) is 33.5 Å². The monoisotopic (exact) mass is 1150 g/mol. The molecule has 0 unspecified atom stereocenters. The van der Waals surface area contributed by atoms with Gasteiger partial charge in [0, 0.05) is 51.3 Å². The second kappa shape index (κ2) is 29.9. The normalized spacial score (nSPS) is 34.4. The van der Waals surface area contributed by atoms with Gasteiger partial charge in [-0.05, 0) is 62.3 Å². The molecule has 6 rings (SSSR count). The number of aliphatic hydroxyl groups is 6. The van der Waals surface area contributed by atoms with Crippen LogP contribution in [-0.4, -0.2) is 230 Å². The number of quaternary nitrogens is 1. The minimum Gasteiger partial charge on any atom is -0.508 e. The predicted octanol–water partition coefficient (Wildman–Crippen LogP) is -2.12. The van der Waals surface area contributed by atoms with Crippen molar-refractivity contribution in [3.8, 4) is 5.75 Å². The van der Waals surface area contributed by atoms with Crippen LogP contribution in [0.2, 0.25) is 0 Å². The molecule has 456 valence electrons. The molecule has 5 aliphatic heterocycles. The zero-order valence-corrected chi connectivity index (χ0v) is 47.7. The fourth-order valence-corrected chi connectivity index (χ4v) is 11.8. The Balaban J connectivity index is 1.47. The maximum absolute atomic E-state index is 15.2. The molecule has 2 bridgehead atoms. The molecule has 1 aromatic carbocycles. The first-order chi connectivity index (χ1) is 38.4. The number of carbonyl (C=O) groups excluding carboxylic acids is 7. The number of fused-ring (bicyclic) bond motifs is 5. The third-order valence-electron chi connectivity index (χ3n) is 17.0. The van der Waals surface area contributed by atoms with E-state index in [1.807, 2.05) is 14.0 Å². The van der Waals surface area contributed by atoms with Crippen LogP contribution >= 0.6 is 0 Å². The fourth-order valence-electron chi connectivity index (χ4n) is 11.8. The Morgan fingerprint density at radius 3 is 2.06 bits per heavy atom. The summed E-state index contributed by atoms with van der Waals surface area (Å²) in [4.78, 5) is 105. The molecule has 25 nitrogen and oxygen atoms in total. The molecular formula is C56H92N9O16+. The number of aromatic hydroxyl groups is 1. The van der Waals surface area contributed by atoms with E-state index in [1.54, 1.807) is 6.92 Å². The highest BCUT2D eigenvalue weighted by molar-refractivity contribution is 5.98. The van der Waals surface area contributed by atoms with E-state index in [0.29, 0.717) is 23.4 Å². The average molecular weight is 1150 g/mol. The van der Waals surface area contributed by atoms with Crippen molar-refractivity contribution in [1.82, 2.24) is 36.4 Å². The van der Waals surface area contributed by atoms with Gasteiger partial charge in [-0.3, -0.25) is 33.6 Å². The van der Waals surface area contributed by atoms with E-state index >= 15 is 4.79 Å². The minimum absolute atomic E-state index is 0.00784. The fraction of sp³-hybridized carbons (Fsp3) is 0.768. The van der Waals surface area contributed by atoms with Crippen LogP contribution in [-0.2, 0) is 43.0 Å².